The lowest BCUT2D eigenvalue weighted by Gasteiger charge is -2.25. The third kappa shape index (κ3) is 3.54. The number of hydrogen-bond acceptors (Lipinski definition) is 2. The Morgan fingerprint density at radius 2 is 2.04 bits per heavy atom. The molecule has 2 atom stereocenters. The number of benzene rings is 2. The lowest BCUT2D eigenvalue weighted by Crippen LogP contribution is -2.18. The van der Waals surface area contributed by atoms with Gasteiger partial charge in [-0.3, -0.25) is 4.79 Å². The van der Waals surface area contributed by atoms with Gasteiger partial charge in [-0.1, -0.05) is 35.9 Å². The van der Waals surface area contributed by atoms with Crippen LogP contribution in [0.5, 0.6) is 0 Å². The van der Waals surface area contributed by atoms with Crippen molar-refractivity contribution >= 4 is 39.6 Å². The van der Waals surface area contributed by atoms with Crippen molar-refractivity contribution in [2.45, 2.75) is 43.0 Å². The maximum atomic E-state index is 12.5. The second-order valence-electron chi connectivity index (χ2n) is 7.37. The third-order valence-electron chi connectivity index (χ3n) is 5.54. The van der Waals surface area contributed by atoms with E-state index in [4.69, 9.17) is 11.6 Å². The zero-order valence-electron chi connectivity index (χ0n) is 15.7. The van der Waals surface area contributed by atoms with E-state index in [-0.39, 0.29) is 12.3 Å². The molecule has 1 heterocycles. The summed E-state index contributed by atoms with van der Waals surface area (Å²) in [6, 6.07) is 13.6. The highest BCUT2D eigenvalue weighted by atomic mass is 35.5. The largest absolute Gasteiger partial charge is 0.612 e. The number of rotatable bonds is 5. The van der Waals surface area contributed by atoms with Crippen LogP contribution in [0.1, 0.15) is 42.0 Å². The quantitative estimate of drug-likeness (QED) is 0.598. The highest BCUT2D eigenvalue weighted by Crippen LogP contribution is 2.42. The monoisotopic (exact) mass is 415 g/mol. The molecule has 0 aliphatic heterocycles. The summed E-state index contributed by atoms with van der Waals surface area (Å²) < 4.78 is 14.7. The maximum Gasteiger partial charge on any atom is 0.304 e. The van der Waals surface area contributed by atoms with Gasteiger partial charge in [0.15, 0.2) is 4.90 Å². The van der Waals surface area contributed by atoms with E-state index in [0.29, 0.717) is 11.6 Å². The molecule has 28 heavy (non-hydrogen) atoms. The molecule has 0 amide bonds. The number of nitrogens with zero attached hydrogens (tertiary/aromatic N) is 1. The van der Waals surface area contributed by atoms with Gasteiger partial charge in [0, 0.05) is 28.6 Å². The Morgan fingerprint density at radius 1 is 1.29 bits per heavy atom. The number of halogens is 1. The molecular weight excluding hydrogens is 394 g/mol. The van der Waals surface area contributed by atoms with Gasteiger partial charge in [0.2, 0.25) is 0 Å². The van der Waals surface area contributed by atoms with Crippen molar-refractivity contribution in [2.75, 3.05) is 6.26 Å². The van der Waals surface area contributed by atoms with Gasteiger partial charge in [-0.2, -0.15) is 0 Å². The number of hydrogen-bond donors (Lipinski definition) is 1. The summed E-state index contributed by atoms with van der Waals surface area (Å²) in [4.78, 5) is 12.3. The van der Waals surface area contributed by atoms with Gasteiger partial charge in [-0.15, -0.1) is 0 Å². The van der Waals surface area contributed by atoms with Crippen LogP contribution >= 0.6 is 11.6 Å². The van der Waals surface area contributed by atoms with E-state index in [1.807, 2.05) is 36.4 Å². The first-order valence-corrected chi connectivity index (χ1v) is 11.3. The van der Waals surface area contributed by atoms with Crippen molar-refractivity contribution in [2.24, 2.45) is 0 Å². The van der Waals surface area contributed by atoms with Gasteiger partial charge >= 0.3 is 5.97 Å². The lowest BCUT2D eigenvalue weighted by atomic mass is 9.84. The van der Waals surface area contributed by atoms with Crippen LogP contribution in [0.3, 0.4) is 0 Å². The fraction of sp³-hybridized carbons (Fsp3) is 0.318. The minimum absolute atomic E-state index is 0.0286. The molecule has 1 N–H and O–H groups in total. The highest BCUT2D eigenvalue weighted by Gasteiger charge is 2.31. The Labute approximate surface area is 172 Å². The molecule has 1 aromatic heterocycles. The second-order valence-corrected chi connectivity index (χ2v) is 9.15. The number of aromatic nitrogens is 1. The third-order valence-corrected chi connectivity index (χ3v) is 6.75. The SMILES string of the molecule is C[S+]([O-])c1cccc2c3c(n(Cc4ccc(Cl)cc4)c12)[C@@H](CC(=O)O)CCC3. The fourth-order valence-corrected chi connectivity index (χ4v) is 5.32. The summed E-state index contributed by atoms with van der Waals surface area (Å²) in [5.41, 5.74) is 4.37. The summed E-state index contributed by atoms with van der Waals surface area (Å²) in [6.07, 6.45) is 4.58. The molecule has 6 heteroatoms. The smallest absolute Gasteiger partial charge is 0.304 e. The molecule has 1 unspecified atom stereocenters. The number of aliphatic carboxylic acids is 1. The average Bonchev–Trinajstić information content (AvgIpc) is 2.98. The molecule has 1 aliphatic carbocycles. The molecule has 1 aliphatic rings. The summed E-state index contributed by atoms with van der Waals surface area (Å²) in [6.45, 7) is 0.604. The number of fused-ring (bicyclic) bond motifs is 3. The first kappa shape index (κ1) is 19.4. The van der Waals surface area contributed by atoms with E-state index < -0.39 is 17.1 Å². The topological polar surface area (TPSA) is 65.3 Å². The van der Waals surface area contributed by atoms with E-state index in [2.05, 4.69) is 10.6 Å². The van der Waals surface area contributed by atoms with Gasteiger partial charge in [0.1, 0.15) is 11.8 Å². The Bertz CT molecular complexity index is 1030. The van der Waals surface area contributed by atoms with E-state index in [9.17, 15) is 14.5 Å². The molecule has 0 bridgehead atoms. The van der Waals surface area contributed by atoms with Gasteiger partial charge in [-0.05, 0) is 59.8 Å². The number of carboxylic acids is 1. The molecule has 4 rings (SSSR count). The normalized spacial score (nSPS) is 17.5. The van der Waals surface area contributed by atoms with Crippen molar-refractivity contribution in [3.63, 3.8) is 0 Å². The van der Waals surface area contributed by atoms with E-state index in [0.717, 1.165) is 46.3 Å². The van der Waals surface area contributed by atoms with Crippen LogP contribution < -0.4 is 0 Å². The lowest BCUT2D eigenvalue weighted by molar-refractivity contribution is -0.137. The highest BCUT2D eigenvalue weighted by molar-refractivity contribution is 7.91. The number of aryl methyl sites for hydroxylation is 1. The molecule has 3 aromatic rings. The minimum atomic E-state index is -1.13. The van der Waals surface area contributed by atoms with Gasteiger partial charge in [0.25, 0.3) is 0 Å². The zero-order valence-corrected chi connectivity index (χ0v) is 17.2. The van der Waals surface area contributed by atoms with E-state index in [1.165, 1.54) is 5.56 Å². The average molecular weight is 416 g/mol. The predicted octanol–water partition coefficient (Wildman–Crippen LogP) is 4.98. The summed E-state index contributed by atoms with van der Waals surface area (Å²) >= 11 is 4.90. The van der Waals surface area contributed by atoms with E-state index >= 15 is 0 Å². The van der Waals surface area contributed by atoms with Crippen LogP contribution in [-0.2, 0) is 28.9 Å². The number of carboxylic acid groups (broad SMARTS) is 1. The first-order chi connectivity index (χ1) is 13.5. The Kier molecular flexibility index (Phi) is 5.41. The molecule has 0 saturated carbocycles. The summed E-state index contributed by atoms with van der Waals surface area (Å²) in [5.74, 6) is -0.806. The summed E-state index contributed by atoms with van der Waals surface area (Å²) in [5, 5.41) is 11.2. The number of para-hydroxylation sites is 1. The zero-order chi connectivity index (χ0) is 19.8. The Morgan fingerprint density at radius 3 is 2.71 bits per heavy atom. The second kappa shape index (κ2) is 7.82. The molecule has 0 radical (unpaired) electrons. The Hall–Kier alpha value is -1.95. The van der Waals surface area contributed by atoms with Crippen LogP contribution in [0, 0.1) is 0 Å². The van der Waals surface area contributed by atoms with Crippen LogP contribution in [0.2, 0.25) is 5.02 Å². The molecule has 0 saturated heterocycles. The van der Waals surface area contributed by atoms with Crippen molar-refractivity contribution in [1.82, 2.24) is 4.57 Å². The molecule has 0 fully saturated rings. The van der Waals surface area contributed by atoms with E-state index in [1.54, 1.807) is 6.26 Å². The minimum Gasteiger partial charge on any atom is -0.612 e. The summed E-state index contributed by atoms with van der Waals surface area (Å²) in [7, 11) is 0. The Balaban J connectivity index is 1.96. The maximum absolute atomic E-state index is 12.5. The first-order valence-electron chi connectivity index (χ1n) is 9.39. The molecule has 0 spiro atoms. The molecular formula is C22H22ClNO3S. The molecule has 4 nitrogen and oxygen atoms in total. The molecule has 2 aromatic carbocycles. The van der Waals surface area contributed by atoms with Crippen LogP contribution in [-0.4, -0.2) is 26.5 Å². The van der Waals surface area contributed by atoms with Gasteiger partial charge in [0.05, 0.1) is 6.42 Å². The predicted molar refractivity (Wildman–Crippen MR) is 113 cm³/mol. The van der Waals surface area contributed by atoms with Crippen LogP contribution in [0.4, 0.5) is 0 Å². The van der Waals surface area contributed by atoms with Crippen molar-refractivity contribution in [3.8, 4) is 0 Å². The van der Waals surface area contributed by atoms with Gasteiger partial charge in [-0.25, -0.2) is 0 Å². The van der Waals surface area contributed by atoms with Gasteiger partial charge < -0.3 is 14.2 Å². The van der Waals surface area contributed by atoms with Crippen molar-refractivity contribution < 1.29 is 14.5 Å². The van der Waals surface area contributed by atoms with Crippen LogP contribution in [0.15, 0.2) is 47.4 Å². The van der Waals surface area contributed by atoms with Crippen molar-refractivity contribution in [3.05, 3.63) is 64.3 Å². The molecule has 146 valence electrons. The standard InChI is InChI=1S/C22H22ClNO3S/c1-28(27)19-7-3-6-18-17-5-2-4-15(12-20(25)26)21(17)24(22(18)19)13-14-8-10-16(23)11-9-14/h3,6-11,15H,2,4-5,12-13H2,1H3,(H,25,26)/t15-,28?/m1/s1. The van der Waals surface area contributed by atoms with Crippen molar-refractivity contribution in [1.29, 1.82) is 0 Å². The number of carbonyl (C=O) groups is 1. The van der Waals surface area contributed by atoms with Crippen LogP contribution in [0.25, 0.3) is 10.9 Å². The fourth-order valence-electron chi connectivity index (χ4n) is 4.44.